The highest BCUT2D eigenvalue weighted by Crippen LogP contribution is 2.45. The highest BCUT2D eigenvalue weighted by atomic mass is 32.2. The highest BCUT2D eigenvalue weighted by Gasteiger charge is 2.32. The van der Waals surface area contributed by atoms with Gasteiger partial charge in [0.1, 0.15) is 23.0 Å². The Labute approximate surface area is 261 Å². The molecule has 2 aliphatic carbocycles. The maximum absolute atomic E-state index is 12.5. The number of hydrogen-bond acceptors (Lipinski definition) is 6. The molecule has 1 aliphatic heterocycles. The molecule has 0 fully saturated rings. The maximum atomic E-state index is 12.5. The van der Waals surface area contributed by atoms with Crippen molar-refractivity contribution >= 4 is 49.0 Å². The average Bonchev–Trinajstić information content (AvgIpc) is 2.87. The average molecular weight is 649 g/mol. The first kappa shape index (κ1) is 31.0. The molecule has 3 aromatic carbocycles. The molecule has 3 aliphatic rings. The number of aromatic carboxylic acids is 1. The fourth-order valence-electron chi connectivity index (χ4n) is 6.75. The molecule has 11 heteroatoms. The third kappa shape index (κ3) is 6.13. The number of carbonyl (C=O) groups is 1. The number of rotatable bonds is 6. The molecular weight excluding hydrogens is 616 g/mol. The van der Waals surface area contributed by atoms with E-state index in [9.17, 15) is 35.8 Å². The van der Waals surface area contributed by atoms with Gasteiger partial charge in [-0.25, -0.2) is 4.79 Å². The SMILES string of the molecule is CC1(C)C=C(CS(=O)(=O)O)c2cc3c(cc2=C1)Oc1cc2c(cc1C=3c1ccccc1C(=O)O)C(CS(=O)(=O)O)=CC(C)(C)C2. The lowest BCUT2D eigenvalue weighted by Gasteiger charge is -2.32. The predicted octanol–water partition coefficient (Wildman–Crippen LogP) is 4.68. The minimum atomic E-state index is -4.38. The molecule has 6 rings (SSSR count). The Morgan fingerprint density at radius 3 is 2.07 bits per heavy atom. The van der Waals surface area contributed by atoms with E-state index in [0.29, 0.717) is 67.3 Å². The summed E-state index contributed by atoms with van der Waals surface area (Å²) in [6, 6.07) is 13.7. The van der Waals surface area contributed by atoms with Gasteiger partial charge in [-0.05, 0) is 80.8 Å². The minimum Gasteiger partial charge on any atom is -0.478 e. The standard InChI is InChI=1S/C34H32O9S2/c1-33(2)13-19-9-29-27(11-25(19)21(15-33)17-44(37,38)39)31(23-7-5-6-8-24(23)32(35)36)28-12-26-20(10-30(28)43-29)14-34(3,4)16-22(26)18-45(40,41)42/h5-13,15-16H,14,17-18H2,1-4H3,(H,35,36)(H,37,38,39)(H,40,41,42). The van der Waals surface area contributed by atoms with Gasteiger partial charge in [0.15, 0.2) is 0 Å². The number of allylic oxidation sites excluding steroid dienone is 2. The second-order valence-corrected chi connectivity index (χ2v) is 16.1. The van der Waals surface area contributed by atoms with Crippen molar-refractivity contribution in [3.8, 4) is 11.5 Å². The van der Waals surface area contributed by atoms with Crippen LogP contribution in [-0.2, 0) is 26.7 Å². The van der Waals surface area contributed by atoms with Crippen molar-refractivity contribution < 1.29 is 40.6 Å². The number of carboxylic acids is 1. The van der Waals surface area contributed by atoms with Crippen LogP contribution in [-0.4, -0.2) is 48.5 Å². The molecule has 3 N–H and O–H groups in total. The van der Waals surface area contributed by atoms with Gasteiger partial charge in [-0.1, -0.05) is 64.1 Å². The van der Waals surface area contributed by atoms with Gasteiger partial charge in [0.05, 0.1) is 5.56 Å². The van der Waals surface area contributed by atoms with Gasteiger partial charge in [0, 0.05) is 21.8 Å². The van der Waals surface area contributed by atoms with Crippen LogP contribution in [0.25, 0.3) is 22.8 Å². The van der Waals surface area contributed by atoms with Crippen LogP contribution in [0, 0.1) is 10.8 Å². The Hall–Kier alpha value is -4.03. The summed E-state index contributed by atoms with van der Waals surface area (Å²) >= 11 is 0. The molecule has 234 valence electrons. The van der Waals surface area contributed by atoms with Crippen LogP contribution >= 0.6 is 0 Å². The quantitative estimate of drug-likeness (QED) is 0.253. The van der Waals surface area contributed by atoms with E-state index in [4.69, 9.17) is 4.74 Å². The third-order valence-corrected chi connectivity index (χ3v) is 9.55. The van der Waals surface area contributed by atoms with Crippen molar-refractivity contribution in [3.05, 3.63) is 105 Å². The normalized spacial score (nSPS) is 17.8. The predicted molar refractivity (Wildman–Crippen MR) is 172 cm³/mol. The molecule has 0 amide bonds. The molecule has 45 heavy (non-hydrogen) atoms. The molecule has 0 spiro atoms. The molecule has 3 aromatic rings. The molecule has 0 aromatic heterocycles. The summed E-state index contributed by atoms with van der Waals surface area (Å²) in [5.41, 5.74) is 3.26. The van der Waals surface area contributed by atoms with E-state index in [1.807, 2.05) is 45.9 Å². The number of ether oxygens (including phenoxy) is 1. The van der Waals surface area contributed by atoms with Crippen LogP contribution < -0.4 is 15.2 Å². The molecule has 0 radical (unpaired) electrons. The smallest absolute Gasteiger partial charge is 0.336 e. The topological polar surface area (TPSA) is 155 Å². The monoisotopic (exact) mass is 648 g/mol. The van der Waals surface area contributed by atoms with Crippen molar-refractivity contribution in [2.75, 3.05) is 11.5 Å². The van der Waals surface area contributed by atoms with Crippen molar-refractivity contribution in [1.29, 1.82) is 0 Å². The van der Waals surface area contributed by atoms with E-state index in [0.717, 1.165) is 5.56 Å². The third-order valence-electron chi connectivity index (χ3n) is 8.20. The number of hydrogen-bond donors (Lipinski definition) is 3. The lowest BCUT2D eigenvalue weighted by Crippen LogP contribution is -2.29. The van der Waals surface area contributed by atoms with E-state index in [1.165, 1.54) is 6.07 Å². The molecule has 0 saturated heterocycles. The van der Waals surface area contributed by atoms with E-state index in [2.05, 4.69) is 0 Å². The molecule has 1 heterocycles. The van der Waals surface area contributed by atoms with Crippen LogP contribution in [0.2, 0.25) is 0 Å². The van der Waals surface area contributed by atoms with Gasteiger partial charge in [-0.3, -0.25) is 9.11 Å². The van der Waals surface area contributed by atoms with Gasteiger partial charge < -0.3 is 9.84 Å². The van der Waals surface area contributed by atoms with Crippen LogP contribution in [0.3, 0.4) is 0 Å². The summed E-state index contributed by atoms with van der Waals surface area (Å²) < 4.78 is 74.2. The van der Waals surface area contributed by atoms with Crippen LogP contribution in [0.1, 0.15) is 65.9 Å². The Morgan fingerprint density at radius 1 is 0.778 bits per heavy atom. The van der Waals surface area contributed by atoms with Gasteiger partial charge >= 0.3 is 5.97 Å². The first-order valence-corrected chi connectivity index (χ1v) is 17.4. The Kier molecular flexibility index (Phi) is 7.05. The second-order valence-electron chi connectivity index (χ2n) is 13.2. The van der Waals surface area contributed by atoms with E-state index >= 15 is 0 Å². The molecular formula is C34H32O9S2. The van der Waals surface area contributed by atoms with Crippen LogP contribution in [0.15, 0.2) is 60.7 Å². The molecule has 0 unspecified atom stereocenters. The number of carboxylic acid groups (broad SMARTS) is 1. The molecule has 0 atom stereocenters. The van der Waals surface area contributed by atoms with Crippen LogP contribution in [0.4, 0.5) is 0 Å². The first-order chi connectivity index (χ1) is 20.8. The summed E-state index contributed by atoms with van der Waals surface area (Å²) in [5.74, 6) is -1.48. The van der Waals surface area contributed by atoms with E-state index in [-0.39, 0.29) is 5.56 Å². The minimum absolute atomic E-state index is 0.0259. The van der Waals surface area contributed by atoms with Gasteiger partial charge in [-0.15, -0.1) is 0 Å². The summed E-state index contributed by atoms with van der Waals surface area (Å²) in [4.78, 5) is 12.5. The number of fused-ring (bicyclic) bond motifs is 4. The second kappa shape index (κ2) is 10.2. The Bertz CT molecular complexity index is 2240. The summed E-state index contributed by atoms with van der Waals surface area (Å²) in [6.07, 6.45) is 6.15. The van der Waals surface area contributed by atoms with E-state index < -0.39 is 48.5 Å². The lowest BCUT2D eigenvalue weighted by molar-refractivity contribution is 0.0696. The largest absolute Gasteiger partial charge is 0.478 e. The fourth-order valence-corrected chi connectivity index (χ4v) is 8.02. The van der Waals surface area contributed by atoms with Crippen molar-refractivity contribution in [3.63, 3.8) is 0 Å². The van der Waals surface area contributed by atoms with Crippen LogP contribution in [0.5, 0.6) is 11.5 Å². The summed E-state index contributed by atoms with van der Waals surface area (Å²) in [7, 11) is -8.76. The van der Waals surface area contributed by atoms with Crippen molar-refractivity contribution in [2.24, 2.45) is 10.8 Å². The highest BCUT2D eigenvalue weighted by molar-refractivity contribution is 7.86. The number of benzene rings is 3. The molecule has 0 saturated carbocycles. The zero-order valence-electron chi connectivity index (χ0n) is 25.1. The van der Waals surface area contributed by atoms with Gasteiger partial charge in [0.25, 0.3) is 20.2 Å². The Balaban J connectivity index is 1.72. The van der Waals surface area contributed by atoms with Crippen molar-refractivity contribution in [1.82, 2.24) is 0 Å². The van der Waals surface area contributed by atoms with E-state index in [1.54, 1.807) is 42.5 Å². The first-order valence-electron chi connectivity index (χ1n) is 14.2. The van der Waals surface area contributed by atoms with Crippen molar-refractivity contribution in [2.45, 2.75) is 34.1 Å². The maximum Gasteiger partial charge on any atom is 0.336 e. The summed E-state index contributed by atoms with van der Waals surface area (Å²) in [5, 5.41) is 11.4. The van der Waals surface area contributed by atoms with Gasteiger partial charge in [-0.2, -0.15) is 16.8 Å². The summed E-state index contributed by atoms with van der Waals surface area (Å²) in [6.45, 7) is 7.78. The Morgan fingerprint density at radius 2 is 1.42 bits per heavy atom. The molecule has 9 nitrogen and oxygen atoms in total. The zero-order chi connectivity index (χ0) is 32.7. The zero-order valence-corrected chi connectivity index (χ0v) is 26.7. The fraction of sp³-hybridized carbons (Fsp3) is 0.265. The molecule has 0 bridgehead atoms. The lowest BCUT2D eigenvalue weighted by atomic mass is 9.75. The van der Waals surface area contributed by atoms with Gasteiger partial charge in [0.2, 0.25) is 0 Å².